The fraction of sp³-hybridized carbons (Fsp3) is 0.429. The largest absolute Gasteiger partial charge is 0.378 e. The number of benzene rings is 2. The minimum absolute atomic E-state index is 0.265. The highest BCUT2D eigenvalue weighted by molar-refractivity contribution is 7.67. The summed E-state index contributed by atoms with van der Waals surface area (Å²) in [4.78, 5) is 1.97. The van der Waals surface area contributed by atoms with Gasteiger partial charge in [0.2, 0.25) is 0 Å². The zero-order chi connectivity index (χ0) is 19.5. The number of nitrogens with zero attached hydrogens (tertiary/aromatic N) is 1. The van der Waals surface area contributed by atoms with E-state index in [1.165, 1.54) is 5.56 Å². The zero-order valence-electron chi connectivity index (χ0n) is 16.5. The van der Waals surface area contributed by atoms with E-state index in [9.17, 15) is 9.67 Å². The first-order valence-electron chi connectivity index (χ1n) is 8.99. The Labute approximate surface area is 157 Å². The molecule has 0 saturated heterocycles. The molecule has 0 aromatic heterocycles. The van der Waals surface area contributed by atoms with Crippen LogP contribution in [-0.2, 0) is 9.09 Å². The van der Waals surface area contributed by atoms with Gasteiger partial charge in [0.1, 0.15) is 0 Å². The monoisotopic (exact) mass is 375 g/mol. The van der Waals surface area contributed by atoms with Gasteiger partial charge in [-0.05, 0) is 55.2 Å². The van der Waals surface area contributed by atoms with Crippen molar-refractivity contribution in [2.45, 2.75) is 45.6 Å². The van der Waals surface area contributed by atoms with Crippen molar-refractivity contribution in [3.63, 3.8) is 0 Å². The van der Waals surface area contributed by atoms with Crippen LogP contribution in [0.3, 0.4) is 0 Å². The molecule has 2 atom stereocenters. The predicted octanol–water partition coefficient (Wildman–Crippen LogP) is 4.90. The van der Waals surface area contributed by atoms with Gasteiger partial charge in [-0.1, -0.05) is 38.1 Å². The minimum Gasteiger partial charge on any atom is -0.378 e. The summed E-state index contributed by atoms with van der Waals surface area (Å²) in [5.74, 6) is -0.796. The lowest BCUT2D eigenvalue weighted by atomic mass is 10.0. The molecule has 0 spiro atoms. The molecule has 26 heavy (non-hydrogen) atoms. The van der Waals surface area contributed by atoms with Gasteiger partial charge in [0.15, 0.2) is 5.85 Å². The molecule has 2 rings (SSSR count). The Bertz CT molecular complexity index is 752. The quantitative estimate of drug-likeness (QED) is 0.700. The Hall–Kier alpha value is -1.61. The Morgan fingerprint density at radius 1 is 0.885 bits per heavy atom. The summed E-state index contributed by atoms with van der Waals surface area (Å²) < 4.78 is 19.5. The van der Waals surface area contributed by atoms with E-state index >= 15 is 0 Å². The van der Waals surface area contributed by atoms with Crippen molar-refractivity contribution in [3.05, 3.63) is 59.7 Å². The number of aliphatic hydroxyl groups is 1. The molecule has 0 amide bonds. The average Bonchev–Trinajstić information content (AvgIpc) is 2.60. The predicted molar refractivity (Wildman–Crippen MR) is 110 cm³/mol. The van der Waals surface area contributed by atoms with Gasteiger partial charge in [0.05, 0.1) is 6.10 Å². The van der Waals surface area contributed by atoms with E-state index in [-0.39, 0.29) is 6.10 Å². The van der Waals surface area contributed by atoms with E-state index in [4.69, 9.17) is 4.52 Å². The Balaban J connectivity index is 2.42. The molecule has 0 heterocycles. The Morgan fingerprint density at radius 2 is 1.38 bits per heavy atom. The summed E-state index contributed by atoms with van der Waals surface area (Å²) in [5.41, 5.74) is 2.78. The third kappa shape index (κ3) is 4.56. The molecule has 0 aliphatic heterocycles. The maximum absolute atomic E-state index is 13.7. The van der Waals surface area contributed by atoms with Crippen LogP contribution in [0, 0.1) is 0 Å². The van der Waals surface area contributed by atoms with Crippen molar-refractivity contribution in [2.75, 3.05) is 19.0 Å². The highest BCUT2D eigenvalue weighted by Crippen LogP contribution is 2.58. The second-order valence-electron chi connectivity index (χ2n) is 7.36. The number of hydrogen-bond acceptors (Lipinski definition) is 4. The smallest absolute Gasteiger partial charge is 0.264 e. The summed E-state index contributed by atoms with van der Waals surface area (Å²) in [6.45, 7) is 7.89. The molecule has 1 N–H and O–H groups in total. The first-order valence-corrected chi connectivity index (χ1v) is 10.7. The van der Waals surface area contributed by atoms with Crippen molar-refractivity contribution < 1.29 is 14.2 Å². The molecule has 5 heteroatoms. The third-order valence-electron chi connectivity index (χ3n) is 4.32. The summed E-state index contributed by atoms with van der Waals surface area (Å²) in [5, 5.41) is 11.5. The number of rotatable bonds is 7. The first-order chi connectivity index (χ1) is 12.1. The molecule has 0 unspecified atom stereocenters. The molecule has 2 aromatic rings. The highest BCUT2D eigenvalue weighted by Gasteiger charge is 2.37. The van der Waals surface area contributed by atoms with Crippen molar-refractivity contribution in [1.29, 1.82) is 0 Å². The van der Waals surface area contributed by atoms with Crippen LogP contribution in [0.4, 0.5) is 5.69 Å². The molecule has 4 nitrogen and oxygen atoms in total. The first kappa shape index (κ1) is 20.7. The fourth-order valence-electron chi connectivity index (χ4n) is 2.78. The topological polar surface area (TPSA) is 49.8 Å². The summed E-state index contributed by atoms with van der Waals surface area (Å²) in [7, 11) is 0.405. The van der Waals surface area contributed by atoms with Gasteiger partial charge in [0.25, 0.3) is 7.37 Å². The lowest BCUT2D eigenvalue weighted by Gasteiger charge is -2.27. The van der Waals surface area contributed by atoms with Crippen LogP contribution in [0.2, 0.25) is 0 Å². The van der Waals surface area contributed by atoms with Crippen molar-refractivity contribution in [1.82, 2.24) is 0 Å². The number of hydrogen-bond donors (Lipinski definition) is 1. The van der Waals surface area contributed by atoms with Gasteiger partial charge in [0, 0.05) is 25.1 Å². The van der Waals surface area contributed by atoms with Crippen molar-refractivity contribution >= 4 is 18.4 Å². The molecule has 0 aliphatic rings. The van der Waals surface area contributed by atoms with Crippen molar-refractivity contribution in [3.8, 4) is 0 Å². The number of aliphatic hydroxyl groups excluding tert-OH is 1. The highest BCUT2D eigenvalue weighted by atomic mass is 31.2. The van der Waals surface area contributed by atoms with Crippen LogP contribution in [0.15, 0.2) is 48.5 Å². The van der Waals surface area contributed by atoms with Gasteiger partial charge in [-0.3, -0.25) is 4.57 Å². The lowest BCUT2D eigenvalue weighted by molar-refractivity contribution is 0.189. The van der Waals surface area contributed by atoms with E-state index in [2.05, 4.69) is 13.8 Å². The van der Waals surface area contributed by atoms with Crippen LogP contribution >= 0.6 is 7.37 Å². The average molecular weight is 375 g/mol. The van der Waals surface area contributed by atoms with Gasteiger partial charge in [-0.2, -0.15) is 0 Å². The standard InChI is InChI=1S/C21H30NO3P/c1-15(2)17-7-9-18(10-8-17)21(23)26(24,25-16(3)4)20-13-11-19(12-14-20)22(5)6/h7-16,21,23H,1-6H3/t21-,26+/m0/s1. The second kappa shape index (κ2) is 8.39. The van der Waals surface area contributed by atoms with E-state index < -0.39 is 13.2 Å². The lowest BCUT2D eigenvalue weighted by Crippen LogP contribution is -2.18. The van der Waals surface area contributed by atoms with E-state index in [1.807, 2.05) is 69.2 Å². The van der Waals surface area contributed by atoms with Gasteiger partial charge < -0.3 is 14.5 Å². The summed E-state index contributed by atoms with van der Waals surface area (Å²) in [6, 6.07) is 15.0. The van der Waals surface area contributed by atoms with Crippen LogP contribution in [0.1, 0.15) is 50.6 Å². The Morgan fingerprint density at radius 3 is 1.81 bits per heavy atom. The second-order valence-corrected chi connectivity index (χ2v) is 9.77. The van der Waals surface area contributed by atoms with Crippen molar-refractivity contribution in [2.24, 2.45) is 0 Å². The summed E-state index contributed by atoms with van der Waals surface area (Å²) in [6.07, 6.45) is -0.265. The van der Waals surface area contributed by atoms with Crippen LogP contribution < -0.4 is 10.2 Å². The Kier molecular flexibility index (Phi) is 6.68. The van der Waals surface area contributed by atoms with Gasteiger partial charge >= 0.3 is 0 Å². The van der Waals surface area contributed by atoms with Crippen LogP contribution in [-0.4, -0.2) is 25.3 Å². The normalized spacial score (nSPS) is 15.1. The molecular formula is C21H30NO3P. The van der Waals surface area contributed by atoms with Crippen LogP contribution in [0.25, 0.3) is 0 Å². The van der Waals surface area contributed by atoms with Gasteiger partial charge in [-0.15, -0.1) is 0 Å². The minimum atomic E-state index is -3.49. The maximum Gasteiger partial charge on any atom is 0.264 e. The molecule has 2 aromatic carbocycles. The number of anilines is 1. The summed E-state index contributed by atoms with van der Waals surface area (Å²) >= 11 is 0. The SMILES string of the molecule is CC(C)O[P@](=O)(c1ccc(N(C)C)cc1)[C@H](O)c1ccc(C(C)C)cc1. The van der Waals surface area contributed by atoms with E-state index in [0.717, 1.165) is 5.69 Å². The maximum atomic E-state index is 13.7. The third-order valence-corrected chi connectivity index (χ3v) is 7.01. The molecule has 0 radical (unpaired) electrons. The molecule has 0 aliphatic carbocycles. The molecular weight excluding hydrogens is 345 g/mol. The van der Waals surface area contributed by atoms with E-state index in [1.54, 1.807) is 12.1 Å². The van der Waals surface area contributed by atoms with Crippen LogP contribution in [0.5, 0.6) is 0 Å². The van der Waals surface area contributed by atoms with Gasteiger partial charge in [-0.25, -0.2) is 0 Å². The molecule has 0 saturated carbocycles. The molecule has 142 valence electrons. The molecule has 0 bridgehead atoms. The zero-order valence-corrected chi connectivity index (χ0v) is 17.4. The fourth-order valence-corrected chi connectivity index (χ4v) is 5.06. The van der Waals surface area contributed by atoms with E-state index in [0.29, 0.717) is 16.8 Å². The molecule has 0 fully saturated rings.